The number of piperidine rings is 1. The molecule has 1 atom stereocenters. The Morgan fingerprint density at radius 1 is 1.39 bits per heavy atom. The van der Waals surface area contributed by atoms with E-state index >= 15 is 0 Å². The molecule has 0 aliphatic carbocycles. The van der Waals surface area contributed by atoms with Gasteiger partial charge in [-0.2, -0.15) is 0 Å². The molecule has 2 heterocycles. The summed E-state index contributed by atoms with van der Waals surface area (Å²) in [7, 11) is 2.03. The Bertz CT molecular complexity index is 277. The Morgan fingerprint density at radius 3 is 2.67 bits per heavy atom. The summed E-state index contributed by atoms with van der Waals surface area (Å²) in [6.45, 7) is 4.72. The molecule has 18 heavy (non-hydrogen) atoms. The van der Waals surface area contributed by atoms with Crippen LogP contribution in [0.3, 0.4) is 0 Å². The molecule has 1 N–H and O–H groups in total. The van der Waals surface area contributed by atoms with Crippen molar-refractivity contribution in [1.29, 1.82) is 0 Å². The number of esters is 1. The zero-order valence-corrected chi connectivity index (χ0v) is 11.2. The lowest BCUT2D eigenvalue weighted by atomic mass is 9.95. The molecule has 2 fully saturated rings. The summed E-state index contributed by atoms with van der Waals surface area (Å²) in [5, 5.41) is 8.90. The number of nitrogens with zero attached hydrogens (tertiary/aromatic N) is 2. The van der Waals surface area contributed by atoms with Crippen LogP contribution < -0.4 is 0 Å². The molecule has 0 aromatic heterocycles. The van der Waals surface area contributed by atoms with Crippen molar-refractivity contribution < 1.29 is 14.6 Å². The third kappa shape index (κ3) is 3.43. The average molecular weight is 256 g/mol. The fourth-order valence-electron chi connectivity index (χ4n) is 2.95. The van der Waals surface area contributed by atoms with E-state index < -0.39 is 0 Å². The number of aliphatic hydroxyl groups is 1. The molecule has 5 heteroatoms. The summed E-state index contributed by atoms with van der Waals surface area (Å²) in [6.07, 6.45) is 3.15. The molecule has 0 aromatic rings. The maximum absolute atomic E-state index is 11.5. The van der Waals surface area contributed by atoms with E-state index in [0.717, 1.165) is 45.4 Å². The number of cyclic esters (lactones) is 1. The molecule has 2 saturated heterocycles. The van der Waals surface area contributed by atoms with Gasteiger partial charge in [0.15, 0.2) is 0 Å². The first-order chi connectivity index (χ1) is 8.70. The second kappa shape index (κ2) is 6.50. The maximum Gasteiger partial charge on any atom is 0.323 e. The van der Waals surface area contributed by atoms with Crippen molar-refractivity contribution in [1.82, 2.24) is 9.80 Å². The summed E-state index contributed by atoms with van der Waals surface area (Å²) < 4.78 is 5.01. The number of hydrogen-bond donors (Lipinski definition) is 1. The Labute approximate surface area is 109 Å². The fraction of sp³-hybridized carbons (Fsp3) is 0.923. The molecule has 2 aliphatic heterocycles. The van der Waals surface area contributed by atoms with Crippen LogP contribution in [0, 0.1) is 5.92 Å². The highest BCUT2D eigenvalue weighted by atomic mass is 16.5. The second-order valence-corrected chi connectivity index (χ2v) is 5.42. The molecule has 0 aromatic carbocycles. The van der Waals surface area contributed by atoms with Gasteiger partial charge in [-0.1, -0.05) is 0 Å². The number of carbonyl (C=O) groups is 1. The number of carbonyl (C=O) groups excluding carboxylic acids is 1. The Morgan fingerprint density at radius 2 is 2.11 bits per heavy atom. The van der Waals surface area contributed by atoms with Gasteiger partial charge >= 0.3 is 5.97 Å². The lowest BCUT2D eigenvalue weighted by Crippen LogP contribution is -2.42. The molecule has 0 spiro atoms. The van der Waals surface area contributed by atoms with E-state index in [1.54, 1.807) is 0 Å². The average Bonchev–Trinajstić information content (AvgIpc) is 2.78. The van der Waals surface area contributed by atoms with Gasteiger partial charge in [0.25, 0.3) is 0 Å². The van der Waals surface area contributed by atoms with Gasteiger partial charge in [0.1, 0.15) is 6.04 Å². The lowest BCUT2D eigenvalue weighted by Gasteiger charge is -2.34. The zero-order chi connectivity index (χ0) is 13.0. The van der Waals surface area contributed by atoms with Crippen molar-refractivity contribution in [3.8, 4) is 0 Å². The molecular formula is C13H24N2O3. The van der Waals surface area contributed by atoms with Gasteiger partial charge in [0.2, 0.25) is 0 Å². The smallest absolute Gasteiger partial charge is 0.323 e. The Hall–Kier alpha value is -0.650. The predicted octanol–water partition coefficient (Wildman–Crippen LogP) is -0.0620. The van der Waals surface area contributed by atoms with E-state index in [4.69, 9.17) is 9.84 Å². The molecule has 0 amide bonds. The van der Waals surface area contributed by atoms with E-state index in [1.165, 1.54) is 0 Å². The van der Waals surface area contributed by atoms with Gasteiger partial charge in [-0.05, 0) is 38.9 Å². The minimum atomic E-state index is -0.0600. The van der Waals surface area contributed by atoms with Crippen LogP contribution in [0.4, 0.5) is 0 Å². The van der Waals surface area contributed by atoms with Gasteiger partial charge in [-0.15, -0.1) is 0 Å². The Balaban J connectivity index is 1.72. The van der Waals surface area contributed by atoms with E-state index in [1.807, 2.05) is 7.05 Å². The van der Waals surface area contributed by atoms with Crippen LogP contribution in [-0.2, 0) is 9.53 Å². The monoisotopic (exact) mass is 256 g/mol. The first kappa shape index (κ1) is 13.8. The summed E-state index contributed by atoms with van der Waals surface area (Å²) in [5.74, 6) is 0.605. The SMILES string of the molecule is CN(CC1CCN(CCO)CC1)C1CCOC1=O. The standard InChI is InChI=1S/C13H24N2O3/c1-14(12-4-9-18-13(12)17)10-11-2-5-15(6-3-11)7-8-16/h11-12,16H,2-10H2,1H3. The number of rotatable bonds is 5. The van der Waals surface area contributed by atoms with Crippen LogP contribution in [0.1, 0.15) is 19.3 Å². The number of β-amino-alcohol motifs (C(OH)–C–C–N with tert-alkyl or cyclic N) is 1. The summed E-state index contributed by atoms with van der Waals surface area (Å²) >= 11 is 0. The van der Waals surface area contributed by atoms with Crippen molar-refractivity contribution in [2.75, 3.05) is 46.4 Å². The number of ether oxygens (including phenoxy) is 1. The topological polar surface area (TPSA) is 53.0 Å². The Kier molecular flexibility index (Phi) is 4.97. The first-order valence-corrected chi connectivity index (χ1v) is 6.91. The molecule has 104 valence electrons. The van der Waals surface area contributed by atoms with E-state index in [9.17, 15) is 4.79 Å². The van der Waals surface area contributed by atoms with Crippen molar-refractivity contribution in [2.45, 2.75) is 25.3 Å². The number of likely N-dealkylation sites (N-methyl/N-ethyl adjacent to an activating group) is 1. The van der Waals surface area contributed by atoms with E-state index in [2.05, 4.69) is 9.80 Å². The maximum atomic E-state index is 11.5. The number of likely N-dealkylation sites (tertiary alicyclic amines) is 1. The van der Waals surface area contributed by atoms with Gasteiger partial charge in [0.05, 0.1) is 13.2 Å². The molecule has 5 nitrogen and oxygen atoms in total. The van der Waals surface area contributed by atoms with Crippen LogP contribution in [0.2, 0.25) is 0 Å². The predicted molar refractivity (Wildman–Crippen MR) is 68.2 cm³/mol. The fourth-order valence-corrected chi connectivity index (χ4v) is 2.95. The largest absolute Gasteiger partial charge is 0.464 e. The summed E-state index contributed by atoms with van der Waals surface area (Å²) in [4.78, 5) is 16.0. The molecule has 0 bridgehead atoms. The zero-order valence-electron chi connectivity index (χ0n) is 11.2. The third-order valence-electron chi connectivity index (χ3n) is 4.11. The first-order valence-electron chi connectivity index (χ1n) is 6.91. The highest BCUT2D eigenvalue weighted by molar-refractivity contribution is 5.77. The molecule has 0 saturated carbocycles. The molecular weight excluding hydrogens is 232 g/mol. The van der Waals surface area contributed by atoms with Crippen LogP contribution in [-0.4, -0.2) is 73.4 Å². The number of hydrogen-bond acceptors (Lipinski definition) is 5. The minimum absolute atomic E-state index is 0.0273. The van der Waals surface area contributed by atoms with Crippen LogP contribution in [0.15, 0.2) is 0 Å². The highest BCUT2D eigenvalue weighted by Crippen LogP contribution is 2.20. The summed E-state index contributed by atoms with van der Waals surface area (Å²) in [6, 6.07) is -0.0273. The van der Waals surface area contributed by atoms with Crippen molar-refractivity contribution in [2.24, 2.45) is 5.92 Å². The normalized spacial score (nSPS) is 26.8. The van der Waals surface area contributed by atoms with Crippen LogP contribution >= 0.6 is 0 Å². The van der Waals surface area contributed by atoms with Crippen LogP contribution in [0.25, 0.3) is 0 Å². The second-order valence-electron chi connectivity index (χ2n) is 5.42. The quantitative estimate of drug-likeness (QED) is 0.698. The molecule has 0 radical (unpaired) electrons. The summed E-state index contributed by atoms with van der Waals surface area (Å²) in [5.41, 5.74) is 0. The highest BCUT2D eigenvalue weighted by Gasteiger charge is 2.31. The van der Waals surface area contributed by atoms with Gasteiger partial charge < -0.3 is 14.7 Å². The lowest BCUT2D eigenvalue weighted by molar-refractivity contribution is -0.142. The molecule has 2 aliphatic rings. The number of aliphatic hydroxyl groups excluding tert-OH is 1. The van der Waals surface area contributed by atoms with Gasteiger partial charge in [-0.3, -0.25) is 9.69 Å². The third-order valence-corrected chi connectivity index (χ3v) is 4.11. The minimum Gasteiger partial charge on any atom is -0.464 e. The van der Waals surface area contributed by atoms with Gasteiger partial charge in [-0.25, -0.2) is 0 Å². The van der Waals surface area contributed by atoms with Gasteiger partial charge in [0, 0.05) is 19.5 Å². The van der Waals surface area contributed by atoms with Crippen molar-refractivity contribution >= 4 is 5.97 Å². The van der Waals surface area contributed by atoms with E-state index in [0.29, 0.717) is 12.5 Å². The molecule has 2 rings (SSSR count). The van der Waals surface area contributed by atoms with Crippen LogP contribution in [0.5, 0.6) is 0 Å². The van der Waals surface area contributed by atoms with Crippen molar-refractivity contribution in [3.63, 3.8) is 0 Å². The van der Waals surface area contributed by atoms with Crippen molar-refractivity contribution in [3.05, 3.63) is 0 Å². The van der Waals surface area contributed by atoms with E-state index in [-0.39, 0.29) is 18.6 Å². The molecule has 1 unspecified atom stereocenters.